The Kier molecular flexibility index (Phi) is 3.84. The number of nitrogens with two attached hydrogens (primary N) is 1. The lowest BCUT2D eigenvalue weighted by molar-refractivity contribution is 0.203. The van der Waals surface area contributed by atoms with Crippen LogP contribution in [0.25, 0.3) is 0 Å². The van der Waals surface area contributed by atoms with Gasteiger partial charge in [-0.25, -0.2) is 4.98 Å². The van der Waals surface area contributed by atoms with Crippen molar-refractivity contribution in [2.24, 2.45) is 11.7 Å². The molecule has 0 bridgehead atoms. The van der Waals surface area contributed by atoms with E-state index in [0.29, 0.717) is 5.92 Å². The van der Waals surface area contributed by atoms with Crippen LogP contribution in [0.3, 0.4) is 0 Å². The highest BCUT2D eigenvalue weighted by atomic mass is 32.1. The molecule has 1 saturated carbocycles. The third kappa shape index (κ3) is 2.94. The van der Waals surface area contributed by atoms with E-state index in [1.54, 1.807) is 11.3 Å². The summed E-state index contributed by atoms with van der Waals surface area (Å²) >= 11 is 1.78. The van der Waals surface area contributed by atoms with Crippen molar-refractivity contribution < 1.29 is 0 Å². The van der Waals surface area contributed by atoms with E-state index in [-0.39, 0.29) is 11.0 Å². The van der Waals surface area contributed by atoms with Crippen molar-refractivity contribution >= 4 is 11.3 Å². The van der Waals surface area contributed by atoms with Crippen LogP contribution in [0.5, 0.6) is 0 Å². The molecule has 3 heteroatoms. The van der Waals surface area contributed by atoms with Crippen molar-refractivity contribution in [3.8, 4) is 0 Å². The van der Waals surface area contributed by atoms with E-state index in [1.165, 1.54) is 30.0 Å². The Balaban J connectivity index is 2.11. The van der Waals surface area contributed by atoms with Crippen LogP contribution >= 0.6 is 11.3 Å². The molecule has 102 valence electrons. The molecule has 2 nitrogen and oxygen atoms in total. The van der Waals surface area contributed by atoms with Crippen LogP contribution < -0.4 is 5.73 Å². The molecule has 0 radical (unpaired) electrons. The zero-order valence-electron chi connectivity index (χ0n) is 12.1. The van der Waals surface area contributed by atoms with Crippen LogP contribution in [0, 0.1) is 5.92 Å². The SMILES string of the molecule is CC1CCCCC1(N)Cc1nc(C(C)(C)C)cs1. The third-order valence-corrected chi connectivity index (χ3v) is 5.16. The molecule has 0 amide bonds. The summed E-state index contributed by atoms with van der Waals surface area (Å²) < 4.78 is 0. The van der Waals surface area contributed by atoms with E-state index in [1.807, 2.05) is 0 Å². The monoisotopic (exact) mass is 266 g/mol. The zero-order chi connectivity index (χ0) is 13.4. The minimum absolute atomic E-state index is 0.0226. The summed E-state index contributed by atoms with van der Waals surface area (Å²) in [6.07, 6.45) is 5.99. The second-order valence-corrected chi connectivity index (χ2v) is 7.88. The molecule has 18 heavy (non-hydrogen) atoms. The number of hydrogen-bond acceptors (Lipinski definition) is 3. The molecule has 0 spiro atoms. The fraction of sp³-hybridized carbons (Fsp3) is 0.800. The molecular weight excluding hydrogens is 240 g/mol. The quantitative estimate of drug-likeness (QED) is 0.882. The molecule has 1 heterocycles. The number of aromatic nitrogens is 1. The Labute approximate surface area is 115 Å². The summed E-state index contributed by atoms with van der Waals surface area (Å²) in [6.45, 7) is 8.95. The van der Waals surface area contributed by atoms with E-state index in [2.05, 4.69) is 33.1 Å². The first-order valence-corrected chi connectivity index (χ1v) is 7.93. The summed E-state index contributed by atoms with van der Waals surface area (Å²) in [6, 6.07) is 0. The summed E-state index contributed by atoms with van der Waals surface area (Å²) in [7, 11) is 0. The average molecular weight is 266 g/mol. The molecular formula is C15H26N2S. The van der Waals surface area contributed by atoms with Crippen molar-refractivity contribution in [3.05, 3.63) is 16.1 Å². The molecule has 1 aromatic rings. The second kappa shape index (κ2) is 4.93. The lowest BCUT2D eigenvalue weighted by Crippen LogP contribution is -2.49. The van der Waals surface area contributed by atoms with E-state index in [0.717, 1.165) is 12.8 Å². The van der Waals surface area contributed by atoms with Gasteiger partial charge in [0.2, 0.25) is 0 Å². The Morgan fingerprint density at radius 3 is 2.72 bits per heavy atom. The van der Waals surface area contributed by atoms with Crippen molar-refractivity contribution in [2.45, 2.75) is 70.8 Å². The largest absolute Gasteiger partial charge is 0.324 e. The average Bonchev–Trinajstić information content (AvgIpc) is 2.70. The molecule has 0 aromatic carbocycles. The topological polar surface area (TPSA) is 38.9 Å². The Morgan fingerprint density at radius 1 is 1.44 bits per heavy atom. The third-order valence-electron chi connectivity index (χ3n) is 4.31. The fourth-order valence-corrected chi connectivity index (χ4v) is 3.88. The number of nitrogens with zero attached hydrogens (tertiary/aromatic N) is 1. The minimum Gasteiger partial charge on any atom is -0.324 e. The van der Waals surface area contributed by atoms with Gasteiger partial charge in [-0.15, -0.1) is 11.3 Å². The molecule has 1 aliphatic rings. The maximum absolute atomic E-state index is 6.62. The lowest BCUT2D eigenvalue weighted by atomic mass is 9.72. The number of rotatable bonds is 2. The molecule has 1 aromatic heterocycles. The van der Waals surface area contributed by atoms with Gasteiger partial charge in [-0.2, -0.15) is 0 Å². The van der Waals surface area contributed by atoms with Crippen LogP contribution in [0.2, 0.25) is 0 Å². The molecule has 2 rings (SSSR count). The van der Waals surface area contributed by atoms with Gasteiger partial charge in [0.05, 0.1) is 10.7 Å². The first kappa shape index (κ1) is 14.0. The lowest BCUT2D eigenvalue weighted by Gasteiger charge is -2.39. The smallest absolute Gasteiger partial charge is 0.0946 e. The summed E-state index contributed by atoms with van der Waals surface area (Å²) in [4.78, 5) is 4.79. The maximum Gasteiger partial charge on any atom is 0.0946 e. The van der Waals surface area contributed by atoms with Crippen molar-refractivity contribution in [1.82, 2.24) is 4.98 Å². The van der Waals surface area contributed by atoms with Gasteiger partial charge in [0.15, 0.2) is 0 Å². The van der Waals surface area contributed by atoms with Gasteiger partial charge in [-0.05, 0) is 18.8 Å². The minimum atomic E-state index is -0.0226. The second-order valence-electron chi connectivity index (χ2n) is 6.93. The molecule has 2 N–H and O–H groups in total. The molecule has 1 fully saturated rings. The van der Waals surface area contributed by atoms with Gasteiger partial charge in [-0.3, -0.25) is 0 Å². The van der Waals surface area contributed by atoms with Crippen LogP contribution in [0.15, 0.2) is 5.38 Å². The van der Waals surface area contributed by atoms with E-state index in [4.69, 9.17) is 10.7 Å². The Bertz CT molecular complexity index is 405. The van der Waals surface area contributed by atoms with E-state index < -0.39 is 0 Å². The highest BCUT2D eigenvalue weighted by molar-refractivity contribution is 7.09. The van der Waals surface area contributed by atoms with Crippen LogP contribution in [0.4, 0.5) is 0 Å². The molecule has 1 aliphatic carbocycles. The van der Waals surface area contributed by atoms with Crippen molar-refractivity contribution in [1.29, 1.82) is 0 Å². The van der Waals surface area contributed by atoms with Gasteiger partial charge in [0.25, 0.3) is 0 Å². The van der Waals surface area contributed by atoms with Crippen molar-refractivity contribution in [3.63, 3.8) is 0 Å². The van der Waals surface area contributed by atoms with Crippen LogP contribution in [-0.2, 0) is 11.8 Å². The first-order valence-electron chi connectivity index (χ1n) is 7.05. The predicted molar refractivity (Wildman–Crippen MR) is 79.1 cm³/mol. The van der Waals surface area contributed by atoms with Gasteiger partial charge in [-0.1, -0.05) is 40.5 Å². The number of thiazole rings is 1. The van der Waals surface area contributed by atoms with Gasteiger partial charge in [0, 0.05) is 22.8 Å². The summed E-state index contributed by atoms with van der Waals surface area (Å²) in [5, 5.41) is 3.42. The van der Waals surface area contributed by atoms with Crippen LogP contribution in [-0.4, -0.2) is 10.5 Å². The first-order chi connectivity index (χ1) is 8.31. The Hall–Kier alpha value is -0.410. The van der Waals surface area contributed by atoms with Crippen LogP contribution in [0.1, 0.15) is 64.1 Å². The Morgan fingerprint density at radius 2 is 2.17 bits per heavy atom. The molecule has 2 unspecified atom stereocenters. The fourth-order valence-electron chi connectivity index (χ4n) is 2.72. The van der Waals surface area contributed by atoms with Gasteiger partial charge in [0.1, 0.15) is 0 Å². The standard InChI is InChI=1S/C15H26N2S/c1-11-7-5-6-8-15(11,16)9-13-17-12(10-18-13)14(2,3)4/h10-11H,5-9,16H2,1-4H3. The predicted octanol–water partition coefficient (Wildman–Crippen LogP) is 3.89. The maximum atomic E-state index is 6.62. The molecule has 0 saturated heterocycles. The van der Waals surface area contributed by atoms with Gasteiger partial charge >= 0.3 is 0 Å². The zero-order valence-corrected chi connectivity index (χ0v) is 12.9. The summed E-state index contributed by atoms with van der Waals surface area (Å²) in [5.74, 6) is 0.619. The summed E-state index contributed by atoms with van der Waals surface area (Å²) in [5.41, 5.74) is 7.95. The van der Waals surface area contributed by atoms with Gasteiger partial charge < -0.3 is 5.73 Å². The molecule has 2 atom stereocenters. The highest BCUT2D eigenvalue weighted by Crippen LogP contribution is 2.35. The van der Waals surface area contributed by atoms with E-state index >= 15 is 0 Å². The highest BCUT2D eigenvalue weighted by Gasteiger charge is 2.35. The molecule has 0 aliphatic heterocycles. The normalized spacial score (nSPS) is 29.5. The van der Waals surface area contributed by atoms with Crippen molar-refractivity contribution in [2.75, 3.05) is 0 Å². The van der Waals surface area contributed by atoms with E-state index in [9.17, 15) is 0 Å². The number of hydrogen-bond donors (Lipinski definition) is 1.